The van der Waals surface area contributed by atoms with Gasteiger partial charge >= 0.3 is 0 Å². The van der Waals surface area contributed by atoms with Crippen LogP contribution in [-0.2, 0) is 4.74 Å². The topological polar surface area (TPSA) is 24.5 Å². The molecule has 18 heavy (non-hydrogen) atoms. The Bertz CT molecular complexity index is 205. The van der Waals surface area contributed by atoms with Gasteiger partial charge in [0.25, 0.3) is 0 Å². The minimum atomic E-state index is 0.706. The van der Waals surface area contributed by atoms with Crippen molar-refractivity contribution in [2.75, 3.05) is 46.4 Å². The predicted molar refractivity (Wildman–Crippen MR) is 77.9 cm³/mol. The smallest absolute Gasteiger partial charge is 0.0593 e. The van der Waals surface area contributed by atoms with Gasteiger partial charge < -0.3 is 15.0 Å². The summed E-state index contributed by atoms with van der Waals surface area (Å²) in [6.07, 6.45) is 2.77. The molecule has 0 aromatic rings. The largest absolute Gasteiger partial charge is 0.380 e. The van der Waals surface area contributed by atoms with Crippen molar-refractivity contribution in [2.24, 2.45) is 17.8 Å². The molecule has 1 N–H and O–H groups in total. The van der Waals surface area contributed by atoms with Gasteiger partial charge in [-0.3, -0.25) is 0 Å². The SMILES string of the molecule is CC(C)CNCC(C)CN(C)CCOCC1CC1. The maximum Gasteiger partial charge on any atom is 0.0593 e. The number of nitrogens with one attached hydrogen (secondary N) is 1. The molecule has 0 amide bonds. The molecule has 3 nitrogen and oxygen atoms in total. The molecule has 0 aromatic heterocycles. The first-order valence-electron chi connectivity index (χ1n) is 7.55. The van der Waals surface area contributed by atoms with E-state index in [4.69, 9.17) is 4.74 Å². The Kier molecular flexibility index (Phi) is 7.87. The highest BCUT2D eigenvalue weighted by atomic mass is 16.5. The van der Waals surface area contributed by atoms with E-state index in [9.17, 15) is 0 Å². The summed E-state index contributed by atoms with van der Waals surface area (Å²) >= 11 is 0. The molecule has 1 aliphatic carbocycles. The zero-order valence-electron chi connectivity index (χ0n) is 12.7. The fraction of sp³-hybridized carbons (Fsp3) is 1.00. The highest BCUT2D eigenvalue weighted by Gasteiger charge is 2.20. The van der Waals surface area contributed by atoms with E-state index >= 15 is 0 Å². The Hall–Kier alpha value is -0.120. The van der Waals surface area contributed by atoms with Crippen LogP contribution in [0.15, 0.2) is 0 Å². The highest BCUT2D eigenvalue weighted by molar-refractivity contribution is 4.72. The van der Waals surface area contributed by atoms with Gasteiger partial charge in [0.05, 0.1) is 6.61 Å². The van der Waals surface area contributed by atoms with Crippen molar-refractivity contribution in [1.82, 2.24) is 10.2 Å². The third-order valence-electron chi connectivity index (χ3n) is 3.34. The first-order chi connectivity index (χ1) is 8.58. The van der Waals surface area contributed by atoms with Crippen LogP contribution in [0.5, 0.6) is 0 Å². The predicted octanol–water partition coefficient (Wildman–Crippen LogP) is 2.23. The lowest BCUT2D eigenvalue weighted by Gasteiger charge is -2.22. The third kappa shape index (κ3) is 8.90. The zero-order valence-corrected chi connectivity index (χ0v) is 12.7. The van der Waals surface area contributed by atoms with Crippen molar-refractivity contribution in [3.05, 3.63) is 0 Å². The number of hydrogen-bond acceptors (Lipinski definition) is 3. The molecule has 0 heterocycles. The van der Waals surface area contributed by atoms with Crippen molar-refractivity contribution in [3.8, 4) is 0 Å². The van der Waals surface area contributed by atoms with E-state index in [0.717, 1.165) is 51.2 Å². The molecule has 0 aliphatic heterocycles. The first-order valence-corrected chi connectivity index (χ1v) is 7.55. The molecule has 0 bridgehead atoms. The van der Waals surface area contributed by atoms with E-state index in [0.29, 0.717) is 5.92 Å². The average Bonchev–Trinajstić information content (AvgIpc) is 3.07. The standard InChI is InChI=1S/C15H32N2O/c1-13(2)9-16-10-14(3)11-17(4)7-8-18-12-15-5-6-15/h13-16H,5-12H2,1-4H3. The van der Waals surface area contributed by atoms with Gasteiger partial charge in [-0.25, -0.2) is 0 Å². The maximum atomic E-state index is 5.67. The normalized spacial score (nSPS) is 17.7. The summed E-state index contributed by atoms with van der Waals surface area (Å²) < 4.78 is 5.67. The van der Waals surface area contributed by atoms with Crippen LogP contribution in [0.4, 0.5) is 0 Å². The minimum Gasteiger partial charge on any atom is -0.380 e. The van der Waals surface area contributed by atoms with Crippen LogP contribution in [0.1, 0.15) is 33.6 Å². The van der Waals surface area contributed by atoms with Gasteiger partial charge in [0.1, 0.15) is 0 Å². The molecule has 0 spiro atoms. The Morgan fingerprint density at radius 2 is 1.94 bits per heavy atom. The molecule has 1 fully saturated rings. The monoisotopic (exact) mass is 256 g/mol. The molecule has 108 valence electrons. The number of ether oxygens (including phenoxy) is 1. The molecular formula is C15H32N2O. The van der Waals surface area contributed by atoms with Gasteiger partial charge in [0, 0.05) is 19.7 Å². The molecular weight excluding hydrogens is 224 g/mol. The molecule has 0 radical (unpaired) electrons. The average molecular weight is 256 g/mol. The Balaban J connectivity index is 1.90. The van der Waals surface area contributed by atoms with Gasteiger partial charge in [-0.05, 0) is 50.7 Å². The fourth-order valence-electron chi connectivity index (χ4n) is 2.06. The molecule has 1 atom stereocenters. The highest BCUT2D eigenvalue weighted by Crippen LogP contribution is 2.28. The Labute approximate surface area is 113 Å². The summed E-state index contributed by atoms with van der Waals surface area (Å²) in [7, 11) is 2.19. The quantitative estimate of drug-likeness (QED) is 0.574. The summed E-state index contributed by atoms with van der Waals surface area (Å²) in [5.41, 5.74) is 0. The van der Waals surface area contributed by atoms with Crippen LogP contribution in [0.2, 0.25) is 0 Å². The summed E-state index contributed by atoms with van der Waals surface area (Å²) in [5.74, 6) is 2.33. The zero-order chi connectivity index (χ0) is 13.4. The number of rotatable bonds is 11. The lowest BCUT2D eigenvalue weighted by Crippen LogP contribution is -2.34. The third-order valence-corrected chi connectivity index (χ3v) is 3.34. The lowest BCUT2D eigenvalue weighted by atomic mass is 10.1. The van der Waals surface area contributed by atoms with Gasteiger partial charge in [-0.1, -0.05) is 20.8 Å². The first kappa shape index (κ1) is 15.9. The second-order valence-electron chi connectivity index (χ2n) is 6.44. The summed E-state index contributed by atoms with van der Waals surface area (Å²) in [6.45, 7) is 13.1. The van der Waals surface area contributed by atoms with Crippen molar-refractivity contribution in [3.63, 3.8) is 0 Å². The van der Waals surface area contributed by atoms with E-state index in [1.54, 1.807) is 0 Å². The van der Waals surface area contributed by atoms with Gasteiger partial charge in [0.2, 0.25) is 0 Å². The summed E-state index contributed by atoms with van der Waals surface area (Å²) in [4.78, 5) is 2.38. The summed E-state index contributed by atoms with van der Waals surface area (Å²) in [5, 5.41) is 3.52. The van der Waals surface area contributed by atoms with E-state index in [2.05, 4.69) is 38.0 Å². The van der Waals surface area contributed by atoms with Crippen LogP contribution in [-0.4, -0.2) is 51.3 Å². The lowest BCUT2D eigenvalue weighted by molar-refractivity contribution is 0.0997. The number of likely N-dealkylation sites (N-methyl/N-ethyl adjacent to an activating group) is 1. The molecule has 1 saturated carbocycles. The van der Waals surface area contributed by atoms with Crippen LogP contribution in [0.25, 0.3) is 0 Å². The number of nitrogens with zero attached hydrogens (tertiary/aromatic N) is 1. The minimum absolute atomic E-state index is 0.706. The van der Waals surface area contributed by atoms with Crippen LogP contribution >= 0.6 is 0 Å². The molecule has 0 aromatic carbocycles. The van der Waals surface area contributed by atoms with Crippen molar-refractivity contribution in [2.45, 2.75) is 33.6 Å². The van der Waals surface area contributed by atoms with E-state index in [-0.39, 0.29) is 0 Å². The van der Waals surface area contributed by atoms with Gasteiger partial charge in [0.15, 0.2) is 0 Å². The van der Waals surface area contributed by atoms with Gasteiger partial charge in [-0.2, -0.15) is 0 Å². The summed E-state index contributed by atoms with van der Waals surface area (Å²) in [6, 6.07) is 0. The van der Waals surface area contributed by atoms with Crippen LogP contribution in [0, 0.1) is 17.8 Å². The van der Waals surface area contributed by atoms with E-state index in [1.165, 1.54) is 12.8 Å². The van der Waals surface area contributed by atoms with Gasteiger partial charge in [-0.15, -0.1) is 0 Å². The molecule has 1 unspecified atom stereocenters. The second kappa shape index (κ2) is 8.89. The second-order valence-corrected chi connectivity index (χ2v) is 6.44. The Morgan fingerprint density at radius 3 is 2.56 bits per heavy atom. The molecule has 3 heteroatoms. The molecule has 1 aliphatic rings. The van der Waals surface area contributed by atoms with Crippen molar-refractivity contribution >= 4 is 0 Å². The van der Waals surface area contributed by atoms with Crippen LogP contribution < -0.4 is 5.32 Å². The van der Waals surface area contributed by atoms with E-state index in [1.807, 2.05) is 0 Å². The van der Waals surface area contributed by atoms with E-state index < -0.39 is 0 Å². The van der Waals surface area contributed by atoms with Crippen molar-refractivity contribution in [1.29, 1.82) is 0 Å². The molecule has 1 rings (SSSR count). The number of hydrogen-bond donors (Lipinski definition) is 1. The molecule has 0 saturated heterocycles. The Morgan fingerprint density at radius 1 is 1.22 bits per heavy atom. The van der Waals surface area contributed by atoms with Crippen LogP contribution in [0.3, 0.4) is 0 Å². The fourth-order valence-corrected chi connectivity index (χ4v) is 2.06. The maximum absolute atomic E-state index is 5.67. The van der Waals surface area contributed by atoms with Crippen molar-refractivity contribution < 1.29 is 4.74 Å².